The van der Waals surface area contributed by atoms with Crippen LogP contribution in [0.5, 0.6) is 0 Å². The van der Waals surface area contributed by atoms with Gasteiger partial charge < -0.3 is 15.0 Å². The Balaban J connectivity index is 1.68. The molecule has 2 unspecified atom stereocenters. The number of nitrogens with zero attached hydrogens (tertiary/aromatic N) is 3. The number of rotatable bonds is 5. The van der Waals surface area contributed by atoms with Gasteiger partial charge in [0.1, 0.15) is 17.1 Å². The van der Waals surface area contributed by atoms with E-state index in [-0.39, 0.29) is 18.0 Å². The lowest BCUT2D eigenvalue weighted by atomic mass is 10.1. The van der Waals surface area contributed by atoms with Gasteiger partial charge in [-0.15, -0.1) is 0 Å². The molecule has 0 spiro atoms. The first-order valence-corrected chi connectivity index (χ1v) is 9.97. The zero-order chi connectivity index (χ0) is 19.9. The fraction of sp³-hybridized carbons (Fsp3) is 0.429. The molecular weight excluding hydrogens is 379 g/mol. The minimum absolute atomic E-state index is 0.0492. The number of pyridine rings is 1. The van der Waals surface area contributed by atoms with Crippen molar-refractivity contribution in [3.63, 3.8) is 0 Å². The Bertz CT molecular complexity index is 782. The van der Waals surface area contributed by atoms with Crippen LogP contribution >= 0.6 is 11.6 Å². The highest BCUT2D eigenvalue weighted by Gasteiger charge is 2.28. The van der Waals surface area contributed by atoms with Gasteiger partial charge in [-0.2, -0.15) is 0 Å². The molecule has 7 heteroatoms. The van der Waals surface area contributed by atoms with E-state index in [2.05, 4.69) is 22.1 Å². The molecule has 0 radical (unpaired) electrons. The summed E-state index contributed by atoms with van der Waals surface area (Å²) in [5.41, 5.74) is 2.07. The van der Waals surface area contributed by atoms with E-state index >= 15 is 0 Å². The first-order valence-electron chi connectivity index (χ1n) is 9.59. The average Bonchev–Trinajstić information content (AvgIpc) is 2.69. The standard InChI is InChI=1S/C21H26ClFN4O/c1-3-24-21(25-11-10-16-4-9-20(22)26-12-16)27-13-15(2)28-19(14-27)17-5-7-18(23)8-6-17/h4-9,12,15,19H,3,10-11,13-14H2,1-2H3,(H,24,25). The quantitative estimate of drug-likeness (QED) is 0.467. The summed E-state index contributed by atoms with van der Waals surface area (Å²) >= 11 is 5.84. The first-order chi connectivity index (χ1) is 13.5. The summed E-state index contributed by atoms with van der Waals surface area (Å²) in [4.78, 5) is 11.1. The molecule has 1 aliphatic rings. The number of halogens is 2. The number of guanidine groups is 1. The van der Waals surface area contributed by atoms with Crippen LogP contribution in [0.3, 0.4) is 0 Å². The Kier molecular flexibility index (Phi) is 7.23. The highest BCUT2D eigenvalue weighted by Crippen LogP contribution is 2.25. The lowest BCUT2D eigenvalue weighted by Crippen LogP contribution is -2.50. The Morgan fingerprint density at radius 3 is 2.75 bits per heavy atom. The second kappa shape index (κ2) is 9.85. The van der Waals surface area contributed by atoms with Gasteiger partial charge >= 0.3 is 0 Å². The van der Waals surface area contributed by atoms with Crippen molar-refractivity contribution in [3.8, 4) is 0 Å². The fourth-order valence-corrected chi connectivity index (χ4v) is 3.37. The SMILES string of the molecule is CCNC(=NCCc1ccc(Cl)nc1)N1CC(C)OC(c2ccc(F)cc2)C1. The number of benzene rings is 1. The molecule has 5 nitrogen and oxygen atoms in total. The molecule has 0 bridgehead atoms. The molecule has 1 fully saturated rings. The van der Waals surface area contributed by atoms with E-state index in [1.54, 1.807) is 24.4 Å². The van der Waals surface area contributed by atoms with Crippen LogP contribution < -0.4 is 5.32 Å². The van der Waals surface area contributed by atoms with Gasteiger partial charge in [0.2, 0.25) is 0 Å². The summed E-state index contributed by atoms with van der Waals surface area (Å²) in [6.45, 7) is 6.97. The Morgan fingerprint density at radius 2 is 2.07 bits per heavy atom. The molecular formula is C21H26ClFN4O. The van der Waals surface area contributed by atoms with E-state index in [1.807, 2.05) is 13.0 Å². The third-order valence-electron chi connectivity index (χ3n) is 4.59. The molecule has 1 aromatic heterocycles. The van der Waals surface area contributed by atoms with Gasteiger partial charge in [0.25, 0.3) is 0 Å². The number of morpholine rings is 1. The predicted molar refractivity (Wildman–Crippen MR) is 110 cm³/mol. The van der Waals surface area contributed by atoms with Crippen LogP contribution in [0.1, 0.15) is 31.1 Å². The monoisotopic (exact) mass is 404 g/mol. The molecule has 2 atom stereocenters. The van der Waals surface area contributed by atoms with E-state index in [4.69, 9.17) is 21.3 Å². The van der Waals surface area contributed by atoms with Crippen molar-refractivity contribution in [1.29, 1.82) is 0 Å². The number of ether oxygens (including phenoxy) is 1. The molecule has 1 N–H and O–H groups in total. The Labute approximate surface area is 170 Å². The highest BCUT2D eigenvalue weighted by atomic mass is 35.5. The molecule has 1 aromatic carbocycles. The zero-order valence-corrected chi connectivity index (χ0v) is 17.0. The minimum atomic E-state index is -0.240. The average molecular weight is 405 g/mol. The highest BCUT2D eigenvalue weighted by molar-refractivity contribution is 6.29. The van der Waals surface area contributed by atoms with Crippen LogP contribution in [-0.4, -0.2) is 48.1 Å². The van der Waals surface area contributed by atoms with Crippen LogP contribution in [0.15, 0.2) is 47.6 Å². The molecule has 0 aliphatic carbocycles. The van der Waals surface area contributed by atoms with E-state index in [9.17, 15) is 4.39 Å². The first kappa shape index (κ1) is 20.6. The fourth-order valence-electron chi connectivity index (χ4n) is 3.26. The van der Waals surface area contributed by atoms with E-state index < -0.39 is 0 Å². The van der Waals surface area contributed by atoms with Crippen LogP contribution in [0.2, 0.25) is 5.15 Å². The smallest absolute Gasteiger partial charge is 0.194 e. The minimum Gasteiger partial charge on any atom is -0.367 e. The van der Waals surface area contributed by atoms with Gasteiger partial charge in [-0.3, -0.25) is 4.99 Å². The second-order valence-corrected chi connectivity index (χ2v) is 7.25. The summed E-state index contributed by atoms with van der Waals surface area (Å²) in [5.74, 6) is 0.628. The van der Waals surface area contributed by atoms with Gasteiger partial charge in [-0.1, -0.05) is 29.8 Å². The van der Waals surface area contributed by atoms with Crippen molar-refractivity contribution in [2.24, 2.45) is 4.99 Å². The van der Waals surface area contributed by atoms with Crippen LogP contribution in [-0.2, 0) is 11.2 Å². The van der Waals surface area contributed by atoms with Crippen molar-refractivity contribution in [1.82, 2.24) is 15.2 Å². The Hall–Kier alpha value is -2.18. The third-order valence-corrected chi connectivity index (χ3v) is 4.81. The number of hydrogen-bond acceptors (Lipinski definition) is 3. The van der Waals surface area contributed by atoms with Gasteiger partial charge in [0, 0.05) is 25.8 Å². The summed E-state index contributed by atoms with van der Waals surface area (Å²) in [6, 6.07) is 10.3. The summed E-state index contributed by atoms with van der Waals surface area (Å²) in [7, 11) is 0. The summed E-state index contributed by atoms with van der Waals surface area (Å²) in [5, 5.41) is 3.87. The van der Waals surface area contributed by atoms with E-state index in [0.29, 0.717) is 18.2 Å². The molecule has 1 aliphatic heterocycles. The molecule has 2 aromatic rings. The van der Waals surface area contributed by atoms with Crippen LogP contribution in [0.25, 0.3) is 0 Å². The number of nitrogens with one attached hydrogen (secondary N) is 1. The maximum absolute atomic E-state index is 13.2. The van der Waals surface area contributed by atoms with Crippen molar-refractivity contribution in [3.05, 3.63) is 64.7 Å². The van der Waals surface area contributed by atoms with Gasteiger partial charge in [-0.05, 0) is 49.6 Å². The van der Waals surface area contributed by atoms with Crippen molar-refractivity contribution >= 4 is 17.6 Å². The molecule has 0 saturated carbocycles. The molecule has 3 rings (SSSR count). The normalized spacial score (nSPS) is 20.3. The summed E-state index contributed by atoms with van der Waals surface area (Å²) in [6.07, 6.45) is 2.51. The van der Waals surface area contributed by atoms with Crippen molar-refractivity contribution in [2.45, 2.75) is 32.5 Å². The predicted octanol–water partition coefficient (Wildman–Crippen LogP) is 3.84. The molecule has 28 heavy (non-hydrogen) atoms. The number of aliphatic imine (C=N–C) groups is 1. The van der Waals surface area contributed by atoms with E-state index in [1.165, 1.54) is 12.1 Å². The van der Waals surface area contributed by atoms with Gasteiger partial charge in [0.15, 0.2) is 5.96 Å². The molecule has 0 amide bonds. The lowest BCUT2D eigenvalue weighted by Gasteiger charge is -2.38. The number of aromatic nitrogens is 1. The Morgan fingerprint density at radius 1 is 1.29 bits per heavy atom. The largest absolute Gasteiger partial charge is 0.367 e. The maximum atomic E-state index is 13.2. The maximum Gasteiger partial charge on any atom is 0.194 e. The summed E-state index contributed by atoms with van der Waals surface area (Å²) < 4.78 is 19.3. The topological polar surface area (TPSA) is 49.8 Å². The second-order valence-electron chi connectivity index (χ2n) is 6.87. The molecule has 1 saturated heterocycles. The molecule has 2 heterocycles. The molecule has 150 valence electrons. The van der Waals surface area contributed by atoms with Gasteiger partial charge in [-0.25, -0.2) is 9.37 Å². The third kappa shape index (κ3) is 5.66. The number of hydrogen-bond donors (Lipinski definition) is 1. The van der Waals surface area contributed by atoms with Gasteiger partial charge in [0.05, 0.1) is 12.6 Å². The van der Waals surface area contributed by atoms with Crippen molar-refractivity contribution in [2.75, 3.05) is 26.2 Å². The van der Waals surface area contributed by atoms with Crippen LogP contribution in [0, 0.1) is 5.82 Å². The van der Waals surface area contributed by atoms with E-state index in [0.717, 1.165) is 36.6 Å². The van der Waals surface area contributed by atoms with Crippen LogP contribution in [0.4, 0.5) is 4.39 Å². The lowest BCUT2D eigenvalue weighted by molar-refractivity contribution is -0.0605. The zero-order valence-electron chi connectivity index (χ0n) is 16.2. The van der Waals surface area contributed by atoms with Crippen molar-refractivity contribution < 1.29 is 9.13 Å².